The summed E-state index contributed by atoms with van der Waals surface area (Å²) in [4.78, 5) is 12.7. The van der Waals surface area contributed by atoms with E-state index in [0.717, 1.165) is 5.56 Å². The van der Waals surface area contributed by atoms with Crippen molar-refractivity contribution >= 4 is 24.4 Å². The number of carbonyl (C=O) groups excluding carboxylic acids is 1. The molecule has 3 nitrogen and oxygen atoms in total. The summed E-state index contributed by atoms with van der Waals surface area (Å²) in [6.45, 7) is 7.91. The average Bonchev–Trinajstić information content (AvgIpc) is 2.82. The quantitative estimate of drug-likeness (QED) is 0.474. The summed E-state index contributed by atoms with van der Waals surface area (Å²) in [6, 6.07) is 13.3. The van der Waals surface area contributed by atoms with Gasteiger partial charge in [0, 0.05) is 5.56 Å². The van der Waals surface area contributed by atoms with Crippen LogP contribution in [0.4, 0.5) is 4.39 Å². The number of hydrogen-bond acceptors (Lipinski definition) is 3. The molecule has 0 aromatic heterocycles. The van der Waals surface area contributed by atoms with Crippen molar-refractivity contribution in [3.63, 3.8) is 0 Å². The highest BCUT2D eigenvalue weighted by Gasteiger charge is 2.52. The summed E-state index contributed by atoms with van der Waals surface area (Å²) in [5.41, 5.74) is 1.05. The van der Waals surface area contributed by atoms with E-state index in [1.54, 1.807) is 24.3 Å². The molecule has 2 aromatic carbocycles. The van der Waals surface area contributed by atoms with Crippen LogP contribution in [0.15, 0.2) is 54.6 Å². The predicted molar refractivity (Wildman–Crippen MR) is 102 cm³/mol. The zero-order valence-corrected chi connectivity index (χ0v) is 15.5. The fraction of sp³-hybridized carbons (Fsp3) is 0.286. The zero-order valence-electron chi connectivity index (χ0n) is 15.5. The average molecular weight is 352 g/mol. The third-order valence-electron chi connectivity index (χ3n) is 5.03. The van der Waals surface area contributed by atoms with Crippen molar-refractivity contribution < 1.29 is 18.5 Å². The first-order valence-electron chi connectivity index (χ1n) is 8.62. The maximum absolute atomic E-state index is 13.0. The maximum Gasteiger partial charge on any atom is 0.495 e. The Balaban J connectivity index is 1.85. The molecule has 0 bridgehead atoms. The normalized spacial score (nSPS) is 18.4. The summed E-state index contributed by atoms with van der Waals surface area (Å²) in [5.74, 6) is -0.459. The molecule has 1 aliphatic rings. The van der Waals surface area contributed by atoms with Crippen LogP contribution in [0.25, 0.3) is 6.08 Å². The number of allylic oxidation sites excluding steroid dienone is 1. The molecule has 0 radical (unpaired) electrons. The molecule has 0 saturated carbocycles. The van der Waals surface area contributed by atoms with Gasteiger partial charge in [0.1, 0.15) is 5.82 Å². The molecule has 1 saturated heterocycles. The number of hydrogen-bond donors (Lipinski definition) is 0. The lowest BCUT2D eigenvalue weighted by Gasteiger charge is -2.32. The molecule has 1 aliphatic heterocycles. The van der Waals surface area contributed by atoms with Gasteiger partial charge in [0.15, 0.2) is 5.78 Å². The highest BCUT2D eigenvalue weighted by Crippen LogP contribution is 2.36. The predicted octanol–water partition coefficient (Wildman–Crippen LogP) is 4.02. The highest BCUT2D eigenvalue weighted by molar-refractivity contribution is 6.63. The van der Waals surface area contributed by atoms with E-state index in [1.807, 2.05) is 45.9 Å². The molecule has 0 atom stereocenters. The van der Waals surface area contributed by atoms with Gasteiger partial charge in [-0.3, -0.25) is 4.79 Å². The van der Waals surface area contributed by atoms with E-state index in [4.69, 9.17) is 9.31 Å². The maximum atomic E-state index is 13.0. The van der Waals surface area contributed by atoms with Crippen LogP contribution in [0.3, 0.4) is 0 Å². The molecule has 134 valence electrons. The van der Waals surface area contributed by atoms with E-state index in [-0.39, 0.29) is 11.6 Å². The topological polar surface area (TPSA) is 35.5 Å². The van der Waals surface area contributed by atoms with Crippen LogP contribution in [-0.2, 0) is 9.31 Å². The van der Waals surface area contributed by atoms with E-state index >= 15 is 0 Å². The molecule has 0 aliphatic carbocycles. The van der Waals surface area contributed by atoms with Crippen molar-refractivity contribution in [3.05, 3.63) is 71.6 Å². The fourth-order valence-electron chi connectivity index (χ4n) is 2.73. The lowest BCUT2D eigenvalue weighted by atomic mass is 9.75. The van der Waals surface area contributed by atoms with Gasteiger partial charge >= 0.3 is 7.12 Å². The van der Waals surface area contributed by atoms with E-state index in [9.17, 15) is 9.18 Å². The molecule has 0 amide bonds. The van der Waals surface area contributed by atoms with Crippen LogP contribution in [0.1, 0.15) is 43.6 Å². The van der Waals surface area contributed by atoms with E-state index in [0.29, 0.717) is 11.0 Å². The first-order valence-corrected chi connectivity index (χ1v) is 8.62. The third-order valence-corrected chi connectivity index (χ3v) is 5.03. The first-order chi connectivity index (χ1) is 12.2. The Hall–Kier alpha value is -2.24. The highest BCUT2D eigenvalue weighted by atomic mass is 19.1. The van der Waals surface area contributed by atoms with Gasteiger partial charge in [0.05, 0.1) is 11.2 Å². The van der Waals surface area contributed by atoms with Gasteiger partial charge in [0.2, 0.25) is 0 Å². The minimum absolute atomic E-state index is 0.153. The third kappa shape index (κ3) is 3.64. The summed E-state index contributed by atoms with van der Waals surface area (Å²) in [6.07, 6.45) is 3.15. The minimum atomic E-state index is -0.598. The van der Waals surface area contributed by atoms with Gasteiger partial charge < -0.3 is 9.31 Å². The Labute approximate surface area is 154 Å². The van der Waals surface area contributed by atoms with Crippen LogP contribution in [0.2, 0.25) is 0 Å². The molecule has 2 aromatic rings. The summed E-state index contributed by atoms with van der Waals surface area (Å²) in [7, 11) is -0.598. The standard InChI is InChI=1S/C21H22BFO3/c1-20(2)21(3,4)26-22(25-20)18-8-6-5-7-17(18)19(24)14-11-15-9-12-16(23)13-10-15/h5-14H,1-4H3/b14-11+. The second-order valence-electron chi connectivity index (χ2n) is 7.42. The molecule has 0 spiro atoms. The second kappa shape index (κ2) is 6.82. The van der Waals surface area contributed by atoms with Crippen LogP contribution in [-0.4, -0.2) is 24.1 Å². The molecule has 1 fully saturated rings. The van der Waals surface area contributed by atoms with Gasteiger partial charge in [-0.25, -0.2) is 4.39 Å². The lowest BCUT2D eigenvalue weighted by molar-refractivity contribution is 0.00578. The summed E-state index contributed by atoms with van der Waals surface area (Å²) >= 11 is 0. The Bertz CT molecular complexity index is 825. The first kappa shape index (κ1) is 18.6. The Kier molecular flexibility index (Phi) is 4.87. The van der Waals surface area contributed by atoms with Gasteiger partial charge in [-0.1, -0.05) is 42.5 Å². The van der Waals surface area contributed by atoms with Crippen LogP contribution < -0.4 is 5.46 Å². The number of halogens is 1. The van der Waals surface area contributed by atoms with Crippen LogP contribution >= 0.6 is 0 Å². The van der Waals surface area contributed by atoms with E-state index < -0.39 is 18.3 Å². The number of carbonyl (C=O) groups is 1. The molecule has 3 rings (SSSR count). The largest absolute Gasteiger partial charge is 0.495 e. The molecule has 1 heterocycles. The van der Waals surface area contributed by atoms with Crippen molar-refractivity contribution in [2.24, 2.45) is 0 Å². The monoisotopic (exact) mass is 352 g/mol. The summed E-state index contributed by atoms with van der Waals surface area (Å²) < 4.78 is 25.1. The fourth-order valence-corrected chi connectivity index (χ4v) is 2.73. The van der Waals surface area contributed by atoms with Gasteiger partial charge in [-0.05, 0) is 56.9 Å². The van der Waals surface area contributed by atoms with Crippen molar-refractivity contribution in [2.75, 3.05) is 0 Å². The van der Waals surface area contributed by atoms with Crippen molar-refractivity contribution in [1.29, 1.82) is 0 Å². The van der Waals surface area contributed by atoms with E-state index in [2.05, 4.69) is 0 Å². The Morgan fingerprint density at radius 2 is 1.54 bits per heavy atom. The molecule has 0 unspecified atom stereocenters. The molecule has 5 heteroatoms. The van der Waals surface area contributed by atoms with Crippen molar-refractivity contribution in [3.8, 4) is 0 Å². The van der Waals surface area contributed by atoms with E-state index in [1.165, 1.54) is 18.2 Å². The Morgan fingerprint density at radius 1 is 0.962 bits per heavy atom. The minimum Gasteiger partial charge on any atom is -0.399 e. The summed E-state index contributed by atoms with van der Waals surface area (Å²) in [5, 5.41) is 0. The van der Waals surface area contributed by atoms with Crippen LogP contribution in [0.5, 0.6) is 0 Å². The van der Waals surface area contributed by atoms with Gasteiger partial charge in [0.25, 0.3) is 0 Å². The smallest absolute Gasteiger partial charge is 0.399 e. The molecular weight excluding hydrogens is 330 g/mol. The second-order valence-corrected chi connectivity index (χ2v) is 7.42. The lowest BCUT2D eigenvalue weighted by Crippen LogP contribution is -2.41. The van der Waals surface area contributed by atoms with Gasteiger partial charge in [-0.2, -0.15) is 0 Å². The van der Waals surface area contributed by atoms with Crippen LogP contribution in [0, 0.1) is 5.82 Å². The molecule has 0 N–H and O–H groups in total. The molecular formula is C21H22BFO3. The SMILES string of the molecule is CC1(C)OB(c2ccccc2C(=O)/C=C/c2ccc(F)cc2)OC1(C)C. The zero-order chi connectivity index (χ0) is 18.9. The number of benzene rings is 2. The van der Waals surface area contributed by atoms with Crippen molar-refractivity contribution in [1.82, 2.24) is 0 Å². The van der Waals surface area contributed by atoms with Crippen molar-refractivity contribution in [2.45, 2.75) is 38.9 Å². The number of rotatable bonds is 4. The molecule has 26 heavy (non-hydrogen) atoms. The number of ketones is 1. The van der Waals surface area contributed by atoms with Gasteiger partial charge in [-0.15, -0.1) is 0 Å². The Morgan fingerprint density at radius 3 is 2.15 bits per heavy atom.